The van der Waals surface area contributed by atoms with Gasteiger partial charge in [-0.15, -0.1) is 0 Å². The summed E-state index contributed by atoms with van der Waals surface area (Å²) in [6.45, 7) is 4.63. The van der Waals surface area contributed by atoms with Crippen LogP contribution in [-0.4, -0.2) is 19.9 Å². The van der Waals surface area contributed by atoms with Crippen molar-refractivity contribution in [1.82, 2.24) is 19.9 Å². The molecular formula is C55H38N4. The molecule has 2 heterocycles. The molecule has 0 spiro atoms. The third-order valence-corrected chi connectivity index (χ3v) is 11.9. The number of nitrogens with zero attached hydrogens (tertiary/aromatic N) is 4. The predicted octanol–water partition coefficient (Wildman–Crippen LogP) is 13.9. The number of para-hydroxylation sites is 2. The quantitative estimate of drug-likeness (QED) is 0.170. The summed E-state index contributed by atoms with van der Waals surface area (Å²) in [5.41, 5.74) is 17.3. The molecule has 10 aromatic rings. The van der Waals surface area contributed by atoms with E-state index in [0.29, 0.717) is 0 Å². The van der Waals surface area contributed by atoms with E-state index >= 15 is 0 Å². The van der Waals surface area contributed by atoms with Crippen LogP contribution in [0.2, 0.25) is 0 Å². The van der Waals surface area contributed by atoms with Crippen molar-refractivity contribution in [2.45, 2.75) is 19.3 Å². The number of benzene rings is 8. The Bertz CT molecular complexity index is 2990. The largest absolute Gasteiger partial charge is 0.228 e. The van der Waals surface area contributed by atoms with Gasteiger partial charge in [-0.3, -0.25) is 0 Å². The number of rotatable bonds is 6. The van der Waals surface area contributed by atoms with Gasteiger partial charge in [0.15, 0.2) is 11.6 Å². The van der Waals surface area contributed by atoms with Gasteiger partial charge in [0.2, 0.25) is 0 Å². The van der Waals surface area contributed by atoms with E-state index in [0.717, 1.165) is 67.1 Å². The van der Waals surface area contributed by atoms with Crippen LogP contribution in [0.4, 0.5) is 0 Å². The Morgan fingerprint density at radius 1 is 0.305 bits per heavy atom. The summed E-state index contributed by atoms with van der Waals surface area (Å²) in [6, 6.07) is 68.4. The van der Waals surface area contributed by atoms with Crippen LogP contribution in [0.15, 0.2) is 194 Å². The van der Waals surface area contributed by atoms with Crippen molar-refractivity contribution in [3.05, 3.63) is 205 Å². The monoisotopic (exact) mass is 754 g/mol. The van der Waals surface area contributed by atoms with Gasteiger partial charge in [0.25, 0.3) is 0 Å². The first-order chi connectivity index (χ1) is 29.0. The highest BCUT2D eigenvalue weighted by molar-refractivity contribution is 5.96. The van der Waals surface area contributed by atoms with Gasteiger partial charge in [0.05, 0.1) is 22.4 Å². The van der Waals surface area contributed by atoms with Crippen LogP contribution in [-0.2, 0) is 5.41 Å². The van der Waals surface area contributed by atoms with E-state index in [2.05, 4.69) is 184 Å². The Balaban J connectivity index is 0.959. The summed E-state index contributed by atoms with van der Waals surface area (Å²) >= 11 is 0. The molecule has 4 nitrogen and oxygen atoms in total. The van der Waals surface area contributed by atoms with E-state index in [1.165, 1.54) is 44.5 Å². The Hall–Kier alpha value is -7.56. The predicted molar refractivity (Wildman–Crippen MR) is 243 cm³/mol. The molecule has 1 aliphatic carbocycles. The van der Waals surface area contributed by atoms with Crippen LogP contribution >= 0.6 is 0 Å². The molecule has 0 radical (unpaired) electrons. The molecular weight excluding hydrogens is 717 g/mol. The molecule has 0 saturated carbocycles. The van der Waals surface area contributed by atoms with E-state index in [9.17, 15) is 0 Å². The van der Waals surface area contributed by atoms with Crippen molar-refractivity contribution >= 4 is 21.8 Å². The highest BCUT2D eigenvalue weighted by Gasteiger charge is 2.36. The summed E-state index contributed by atoms with van der Waals surface area (Å²) in [5.74, 6) is 1.44. The fourth-order valence-electron chi connectivity index (χ4n) is 8.77. The molecule has 0 aliphatic heterocycles. The van der Waals surface area contributed by atoms with Gasteiger partial charge >= 0.3 is 0 Å². The molecule has 0 unspecified atom stereocenters. The smallest absolute Gasteiger partial charge is 0.160 e. The van der Waals surface area contributed by atoms with Crippen LogP contribution in [0.1, 0.15) is 25.0 Å². The Kier molecular flexibility index (Phi) is 8.12. The van der Waals surface area contributed by atoms with E-state index in [1.807, 2.05) is 24.3 Å². The molecule has 2 aromatic heterocycles. The molecule has 0 fully saturated rings. The molecule has 1 aliphatic rings. The van der Waals surface area contributed by atoms with Crippen LogP contribution in [0, 0.1) is 0 Å². The minimum atomic E-state index is -0.281. The maximum atomic E-state index is 5.27. The average Bonchev–Trinajstić information content (AvgIpc) is 3.53. The number of hydrogen-bond donors (Lipinski definition) is 0. The van der Waals surface area contributed by atoms with Gasteiger partial charge in [0.1, 0.15) is 0 Å². The third-order valence-electron chi connectivity index (χ3n) is 11.9. The van der Waals surface area contributed by atoms with Gasteiger partial charge in [-0.2, -0.15) is 0 Å². The SMILES string of the molecule is CC1(C)c2cc(-c3nc(-c4ccc(-c5ccccc5)cc4)c4ccccc4n3)ccc2-c2ccc(-c3nc(-c4ccc(-c5ccccc5)cc4)c4ccccc4n3)cc21. The van der Waals surface area contributed by atoms with E-state index in [-0.39, 0.29) is 5.41 Å². The molecule has 11 rings (SSSR count). The lowest BCUT2D eigenvalue weighted by Crippen LogP contribution is -2.15. The van der Waals surface area contributed by atoms with Crippen molar-refractivity contribution in [1.29, 1.82) is 0 Å². The standard InChI is InChI=1S/C55H38N4/c1-55(2)47-33-41(53-56-49-19-11-9-17-45(49)51(58-53)39-25-21-37(22-26-39)35-13-5-3-6-14-35)29-31-43(47)44-32-30-42(34-48(44)55)54-57-50-20-12-10-18-46(50)52(59-54)40-27-23-38(24-28-40)36-15-7-4-8-16-36/h3-34H,1-2H3. The Labute approximate surface area is 343 Å². The van der Waals surface area contributed by atoms with Crippen LogP contribution in [0.5, 0.6) is 0 Å². The van der Waals surface area contributed by atoms with E-state index in [4.69, 9.17) is 19.9 Å². The van der Waals surface area contributed by atoms with E-state index in [1.54, 1.807) is 0 Å². The van der Waals surface area contributed by atoms with Crippen LogP contribution < -0.4 is 0 Å². The molecule has 8 aromatic carbocycles. The van der Waals surface area contributed by atoms with Gasteiger partial charge in [-0.05, 0) is 68.8 Å². The zero-order valence-electron chi connectivity index (χ0n) is 32.8. The molecule has 0 bridgehead atoms. The zero-order chi connectivity index (χ0) is 39.5. The second kappa shape index (κ2) is 13.8. The summed E-state index contributed by atoms with van der Waals surface area (Å²) in [6.07, 6.45) is 0. The molecule has 0 saturated heterocycles. The number of fused-ring (bicyclic) bond motifs is 5. The lowest BCUT2D eigenvalue weighted by Gasteiger charge is -2.22. The fraction of sp³-hybridized carbons (Fsp3) is 0.0545. The average molecular weight is 755 g/mol. The van der Waals surface area contributed by atoms with Crippen molar-refractivity contribution in [2.24, 2.45) is 0 Å². The van der Waals surface area contributed by atoms with E-state index < -0.39 is 0 Å². The van der Waals surface area contributed by atoms with Crippen LogP contribution in [0.3, 0.4) is 0 Å². The highest BCUT2D eigenvalue weighted by Crippen LogP contribution is 2.50. The zero-order valence-corrected chi connectivity index (χ0v) is 32.8. The number of hydrogen-bond acceptors (Lipinski definition) is 4. The number of aromatic nitrogens is 4. The lowest BCUT2D eigenvalue weighted by molar-refractivity contribution is 0.660. The minimum Gasteiger partial charge on any atom is -0.228 e. The molecule has 0 N–H and O–H groups in total. The van der Waals surface area contributed by atoms with Gasteiger partial charge in [-0.25, -0.2) is 19.9 Å². The highest BCUT2D eigenvalue weighted by atomic mass is 14.9. The third kappa shape index (κ3) is 6.00. The van der Waals surface area contributed by atoms with Crippen molar-refractivity contribution < 1.29 is 0 Å². The molecule has 0 atom stereocenters. The summed E-state index contributed by atoms with van der Waals surface area (Å²) in [7, 11) is 0. The Morgan fingerprint density at radius 2 is 0.644 bits per heavy atom. The maximum Gasteiger partial charge on any atom is 0.160 e. The van der Waals surface area contributed by atoms with Crippen molar-refractivity contribution in [2.75, 3.05) is 0 Å². The summed E-state index contributed by atoms with van der Waals surface area (Å²) < 4.78 is 0. The van der Waals surface area contributed by atoms with Crippen molar-refractivity contribution in [3.8, 4) is 78.7 Å². The molecule has 0 amide bonds. The fourth-order valence-corrected chi connectivity index (χ4v) is 8.77. The maximum absolute atomic E-state index is 5.27. The Morgan fingerprint density at radius 3 is 1.07 bits per heavy atom. The first-order valence-electron chi connectivity index (χ1n) is 20.1. The van der Waals surface area contributed by atoms with Crippen molar-refractivity contribution in [3.63, 3.8) is 0 Å². The van der Waals surface area contributed by atoms with Gasteiger partial charge in [-0.1, -0.05) is 184 Å². The normalized spacial score (nSPS) is 12.7. The first kappa shape index (κ1) is 34.7. The molecule has 278 valence electrons. The summed E-state index contributed by atoms with van der Waals surface area (Å²) in [4.78, 5) is 20.8. The second-order valence-electron chi connectivity index (χ2n) is 15.9. The second-order valence-corrected chi connectivity index (χ2v) is 15.9. The first-order valence-corrected chi connectivity index (χ1v) is 20.1. The lowest BCUT2D eigenvalue weighted by atomic mass is 9.81. The molecule has 4 heteroatoms. The van der Waals surface area contributed by atoms with Gasteiger partial charge in [0, 0.05) is 38.4 Å². The molecule has 59 heavy (non-hydrogen) atoms. The van der Waals surface area contributed by atoms with Crippen LogP contribution in [0.25, 0.3) is 100 Å². The van der Waals surface area contributed by atoms with Gasteiger partial charge < -0.3 is 0 Å². The topological polar surface area (TPSA) is 51.6 Å². The minimum absolute atomic E-state index is 0.281. The summed E-state index contributed by atoms with van der Waals surface area (Å²) in [5, 5.41) is 2.07.